The molecule has 2 rings (SSSR count). The van der Waals surface area contributed by atoms with E-state index in [4.69, 9.17) is 16.7 Å². The number of hydrogen-bond donors (Lipinski definition) is 1. The van der Waals surface area contributed by atoms with Crippen LogP contribution in [0.4, 0.5) is 0 Å². The molecule has 0 saturated heterocycles. The normalized spacial score (nSPS) is 10.6. The number of carboxylic acids is 1. The van der Waals surface area contributed by atoms with Gasteiger partial charge in [0.05, 0.1) is 11.4 Å². The van der Waals surface area contributed by atoms with Crippen molar-refractivity contribution >= 4 is 40.7 Å². The van der Waals surface area contributed by atoms with Gasteiger partial charge >= 0.3 is 5.97 Å². The van der Waals surface area contributed by atoms with Crippen molar-refractivity contribution in [3.63, 3.8) is 0 Å². The van der Waals surface area contributed by atoms with E-state index in [1.165, 1.54) is 11.3 Å². The maximum absolute atomic E-state index is 11.1. The summed E-state index contributed by atoms with van der Waals surface area (Å²) >= 11 is 8.77. The van der Waals surface area contributed by atoms with Crippen LogP contribution in [0.1, 0.15) is 27.3 Å². The average molecular weight is 314 g/mol. The predicted molar refractivity (Wildman–Crippen MR) is 79.5 cm³/mol. The highest BCUT2D eigenvalue weighted by Gasteiger charge is 2.15. The average Bonchev–Trinajstić information content (AvgIpc) is 2.80. The SMILES string of the molecule is CCc1nc(CSc2cccc(Cl)c2)sc1C(=O)O. The molecule has 0 atom stereocenters. The van der Waals surface area contributed by atoms with E-state index >= 15 is 0 Å². The molecule has 2 aromatic rings. The molecule has 0 amide bonds. The van der Waals surface area contributed by atoms with E-state index in [0.717, 1.165) is 9.90 Å². The van der Waals surface area contributed by atoms with Crippen LogP contribution in [0.5, 0.6) is 0 Å². The Morgan fingerprint density at radius 2 is 2.32 bits per heavy atom. The maximum Gasteiger partial charge on any atom is 0.347 e. The summed E-state index contributed by atoms with van der Waals surface area (Å²) in [6.07, 6.45) is 0.639. The first-order valence-corrected chi connectivity index (χ1v) is 7.88. The zero-order valence-corrected chi connectivity index (χ0v) is 12.6. The van der Waals surface area contributed by atoms with Gasteiger partial charge < -0.3 is 5.11 Å². The second-order valence-electron chi connectivity index (χ2n) is 3.79. The van der Waals surface area contributed by atoms with Crippen LogP contribution in [-0.4, -0.2) is 16.1 Å². The minimum Gasteiger partial charge on any atom is -0.477 e. The summed E-state index contributed by atoms with van der Waals surface area (Å²) in [5.74, 6) is -0.237. The topological polar surface area (TPSA) is 50.2 Å². The predicted octanol–water partition coefficient (Wildman–Crippen LogP) is 4.35. The lowest BCUT2D eigenvalue weighted by Gasteiger charge is -1.99. The Morgan fingerprint density at radius 3 is 2.89 bits per heavy atom. The second-order valence-corrected chi connectivity index (χ2v) is 6.36. The first-order valence-electron chi connectivity index (χ1n) is 5.70. The van der Waals surface area contributed by atoms with Crippen LogP contribution >= 0.6 is 34.7 Å². The van der Waals surface area contributed by atoms with Crippen LogP contribution < -0.4 is 0 Å². The van der Waals surface area contributed by atoms with Gasteiger partial charge in [0.15, 0.2) is 0 Å². The van der Waals surface area contributed by atoms with Crippen LogP contribution in [0.2, 0.25) is 5.02 Å². The van der Waals surface area contributed by atoms with Gasteiger partial charge in [-0.2, -0.15) is 0 Å². The van der Waals surface area contributed by atoms with E-state index < -0.39 is 5.97 Å². The minimum atomic E-state index is -0.895. The van der Waals surface area contributed by atoms with E-state index in [1.807, 2.05) is 31.2 Å². The highest BCUT2D eigenvalue weighted by atomic mass is 35.5. The molecular weight excluding hydrogens is 302 g/mol. The van der Waals surface area contributed by atoms with Crippen molar-refractivity contribution in [1.82, 2.24) is 4.98 Å². The third-order valence-corrected chi connectivity index (χ3v) is 4.94. The van der Waals surface area contributed by atoms with Crippen LogP contribution in [0.25, 0.3) is 0 Å². The Kier molecular flexibility index (Phi) is 4.85. The number of thiazole rings is 1. The molecule has 19 heavy (non-hydrogen) atoms. The van der Waals surface area contributed by atoms with Gasteiger partial charge in [0.25, 0.3) is 0 Å². The molecule has 0 aliphatic rings. The van der Waals surface area contributed by atoms with Gasteiger partial charge in [-0.15, -0.1) is 23.1 Å². The number of thioether (sulfide) groups is 1. The van der Waals surface area contributed by atoms with Crippen molar-refractivity contribution in [3.05, 3.63) is 44.9 Å². The Labute approximate surface area is 124 Å². The van der Waals surface area contributed by atoms with Crippen molar-refractivity contribution in [3.8, 4) is 0 Å². The quantitative estimate of drug-likeness (QED) is 0.834. The number of carbonyl (C=O) groups is 1. The molecule has 1 heterocycles. The molecule has 0 aliphatic heterocycles. The third-order valence-electron chi connectivity index (χ3n) is 2.43. The zero-order valence-electron chi connectivity index (χ0n) is 10.2. The van der Waals surface area contributed by atoms with Gasteiger partial charge in [-0.05, 0) is 24.6 Å². The summed E-state index contributed by atoms with van der Waals surface area (Å²) in [6, 6.07) is 7.58. The minimum absolute atomic E-state index is 0.351. The van der Waals surface area contributed by atoms with Gasteiger partial charge in [0.1, 0.15) is 9.88 Å². The number of halogens is 1. The van der Waals surface area contributed by atoms with Gasteiger partial charge in [0.2, 0.25) is 0 Å². The fraction of sp³-hybridized carbons (Fsp3) is 0.231. The van der Waals surface area contributed by atoms with Crippen molar-refractivity contribution in [2.45, 2.75) is 24.0 Å². The number of benzene rings is 1. The maximum atomic E-state index is 11.1. The number of hydrogen-bond acceptors (Lipinski definition) is 4. The third kappa shape index (κ3) is 3.72. The number of aryl methyl sites for hydroxylation is 1. The second kappa shape index (κ2) is 6.41. The zero-order chi connectivity index (χ0) is 13.8. The van der Waals surface area contributed by atoms with Crippen LogP contribution in [0, 0.1) is 0 Å². The lowest BCUT2D eigenvalue weighted by molar-refractivity contribution is 0.0701. The largest absolute Gasteiger partial charge is 0.477 e. The van der Waals surface area contributed by atoms with E-state index in [1.54, 1.807) is 11.8 Å². The van der Waals surface area contributed by atoms with E-state index in [2.05, 4.69) is 4.98 Å². The van der Waals surface area contributed by atoms with Gasteiger partial charge in [-0.3, -0.25) is 0 Å². The summed E-state index contributed by atoms with van der Waals surface area (Å²) < 4.78 is 0. The summed E-state index contributed by atoms with van der Waals surface area (Å²) in [5.41, 5.74) is 0.666. The number of aromatic nitrogens is 1. The van der Waals surface area contributed by atoms with Gasteiger partial charge in [0, 0.05) is 9.92 Å². The molecule has 6 heteroatoms. The molecule has 0 aliphatic carbocycles. The molecule has 1 aromatic carbocycles. The summed E-state index contributed by atoms with van der Waals surface area (Å²) in [6.45, 7) is 1.91. The molecule has 0 radical (unpaired) electrons. The Hall–Kier alpha value is -1.04. The number of nitrogens with zero attached hydrogens (tertiary/aromatic N) is 1. The molecule has 0 saturated carbocycles. The molecule has 1 N–H and O–H groups in total. The van der Waals surface area contributed by atoms with E-state index in [-0.39, 0.29) is 0 Å². The lowest BCUT2D eigenvalue weighted by Crippen LogP contribution is -1.97. The number of rotatable bonds is 5. The van der Waals surface area contributed by atoms with Crippen molar-refractivity contribution in [2.75, 3.05) is 0 Å². The smallest absolute Gasteiger partial charge is 0.347 e. The standard InChI is InChI=1S/C13H12ClNO2S2/c1-2-10-12(13(16)17)19-11(15-10)7-18-9-5-3-4-8(14)6-9/h3-6H,2,7H2,1H3,(H,16,17). The molecule has 0 fully saturated rings. The molecular formula is C13H12ClNO2S2. The first-order chi connectivity index (χ1) is 9.10. The number of aromatic carboxylic acids is 1. The van der Waals surface area contributed by atoms with Crippen LogP contribution in [-0.2, 0) is 12.2 Å². The molecule has 0 unspecified atom stereocenters. The molecule has 100 valence electrons. The van der Waals surface area contributed by atoms with Gasteiger partial charge in [-0.25, -0.2) is 9.78 Å². The molecule has 3 nitrogen and oxygen atoms in total. The summed E-state index contributed by atoms with van der Waals surface area (Å²) in [4.78, 5) is 16.8. The molecule has 1 aromatic heterocycles. The number of carboxylic acid groups (broad SMARTS) is 1. The highest BCUT2D eigenvalue weighted by Crippen LogP contribution is 2.28. The van der Waals surface area contributed by atoms with Crippen molar-refractivity contribution < 1.29 is 9.90 Å². The monoisotopic (exact) mass is 313 g/mol. The summed E-state index contributed by atoms with van der Waals surface area (Å²) in [7, 11) is 0. The van der Waals surface area contributed by atoms with Crippen molar-refractivity contribution in [1.29, 1.82) is 0 Å². The molecule has 0 spiro atoms. The van der Waals surface area contributed by atoms with Crippen LogP contribution in [0.3, 0.4) is 0 Å². The Morgan fingerprint density at radius 1 is 1.53 bits per heavy atom. The van der Waals surface area contributed by atoms with Gasteiger partial charge in [-0.1, -0.05) is 24.6 Å². The van der Waals surface area contributed by atoms with Crippen LogP contribution in [0.15, 0.2) is 29.2 Å². The van der Waals surface area contributed by atoms with E-state index in [9.17, 15) is 4.79 Å². The fourth-order valence-electron chi connectivity index (χ4n) is 1.57. The lowest BCUT2D eigenvalue weighted by atomic mass is 10.3. The van der Waals surface area contributed by atoms with Crippen molar-refractivity contribution in [2.24, 2.45) is 0 Å². The summed E-state index contributed by atoms with van der Waals surface area (Å²) in [5, 5.41) is 10.6. The highest BCUT2D eigenvalue weighted by molar-refractivity contribution is 7.98. The fourth-order valence-corrected chi connectivity index (χ4v) is 3.76. The Balaban J connectivity index is 2.09. The Bertz CT molecular complexity index is 598. The van der Waals surface area contributed by atoms with E-state index in [0.29, 0.717) is 27.8 Å². The molecule has 0 bridgehead atoms. The first kappa shape index (κ1) is 14.4.